The molecule has 4 rings (SSSR count). The summed E-state index contributed by atoms with van der Waals surface area (Å²) < 4.78 is 68.1. The van der Waals surface area contributed by atoms with E-state index in [1.807, 2.05) is 19.1 Å². The van der Waals surface area contributed by atoms with Gasteiger partial charge in [-0.3, -0.25) is 0 Å². The fraction of sp³-hybridized carbons (Fsp3) is 0.143. The van der Waals surface area contributed by atoms with Crippen LogP contribution in [-0.4, -0.2) is 7.11 Å². The molecule has 2 nitrogen and oxygen atoms in total. The van der Waals surface area contributed by atoms with Crippen LogP contribution in [0.5, 0.6) is 11.5 Å². The number of hydrogen-bond donors (Lipinski definition) is 0. The van der Waals surface area contributed by atoms with Gasteiger partial charge in [0.1, 0.15) is 12.4 Å². The molecule has 0 aromatic heterocycles. The Morgan fingerprint density at radius 2 is 1.18 bits per heavy atom. The molecule has 4 aromatic carbocycles. The molecule has 0 radical (unpaired) electrons. The van der Waals surface area contributed by atoms with Gasteiger partial charge in [0, 0.05) is 16.7 Å². The minimum atomic E-state index is -1.07. The van der Waals surface area contributed by atoms with E-state index in [0.717, 1.165) is 12.0 Å². The van der Waals surface area contributed by atoms with Crippen molar-refractivity contribution in [1.82, 2.24) is 0 Å². The summed E-state index contributed by atoms with van der Waals surface area (Å²) in [6, 6.07) is 19.3. The number of aryl methyl sites for hydroxylation is 1. The van der Waals surface area contributed by atoms with Gasteiger partial charge in [-0.2, -0.15) is 4.39 Å². The Bertz CT molecular complexity index is 1300. The van der Waals surface area contributed by atoms with Gasteiger partial charge >= 0.3 is 0 Å². The molecule has 0 aliphatic carbocycles. The zero-order valence-corrected chi connectivity index (χ0v) is 18.7. The molecule has 0 aliphatic heterocycles. The highest BCUT2D eigenvalue weighted by molar-refractivity contribution is 5.66. The van der Waals surface area contributed by atoms with E-state index in [4.69, 9.17) is 9.47 Å². The van der Waals surface area contributed by atoms with E-state index in [1.54, 1.807) is 36.4 Å². The van der Waals surface area contributed by atoms with E-state index in [9.17, 15) is 17.6 Å². The maximum atomic E-state index is 14.7. The molecule has 0 fully saturated rings. The molecule has 0 amide bonds. The zero-order chi connectivity index (χ0) is 24.2. The zero-order valence-electron chi connectivity index (χ0n) is 18.7. The number of hydrogen-bond acceptors (Lipinski definition) is 2. The first-order chi connectivity index (χ1) is 16.4. The maximum Gasteiger partial charge on any atom is 0.201 e. The van der Waals surface area contributed by atoms with Crippen molar-refractivity contribution in [2.24, 2.45) is 0 Å². The van der Waals surface area contributed by atoms with E-state index in [1.165, 1.54) is 31.4 Å². The van der Waals surface area contributed by atoms with Gasteiger partial charge in [0.25, 0.3) is 0 Å². The lowest BCUT2D eigenvalue weighted by atomic mass is 10.0. The van der Waals surface area contributed by atoms with Crippen molar-refractivity contribution in [3.05, 3.63) is 107 Å². The van der Waals surface area contributed by atoms with Gasteiger partial charge in [-0.1, -0.05) is 55.5 Å². The van der Waals surface area contributed by atoms with E-state index >= 15 is 0 Å². The van der Waals surface area contributed by atoms with Crippen molar-refractivity contribution >= 4 is 0 Å². The summed E-state index contributed by atoms with van der Waals surface area (Å²) in [5.41, 5.74) is 2.46. The number of rotatable bonds is 7. The van der Waals surface area contributed by atoms with Crippen LogP contribution >= 0.6 is 0 Å². The fourth-order valence-corrected chi connectivity index (χ4v) is 3.65. The Morgan fingerprint density at radius 3 is 1.76 bits per heavy atom. The molecule has 0 unspecified atom stereocenters. The second kappa shape index (κ2) is 10.00. The quantitative estimate of drug-likeness (QED) is 0.260. The third-order valence-electron chi connectivity index (χ3n) is 5.66. The SMILES string of the molecule is CCc1ccc(-c2ccc(COc3ccc(-c4ccc(OC)c(F)c4F)cc3)c(F)c2F)cc1. The lowest BCUT2D eigenvalue weighted by Crippen LogP contribution is -2.02. The maximum absolute atomic E-state index is 14.7. The van der Waals surface area contributed by atoms with E-state index in [0.29, 0.717) is 16.9 Å². The molecule has 0 heterocycles. The van der Waals surface area contributed by atoms with Crippen LogP contribution in [0.25, 0.3) is 22.3 Å². The highest BCUT2D eigenvalue weighted by Crippen LogP contribution is 2.31. The first-order valence-corrected chi connectivity index (χ1v) is 10.7. The monoisotopic (exact) mass is 466 g/mol. The topological polar surface area (TPSA) is 18.5 Å². The van der Waals surface area contributed by atoms with Gasteiger partial charge in [-0.25, -0.2) is 13.2 Å². The Balaban J connectivity index is 1.48. The number of halogens is 4. The van der Waals surface area contributed by atoms with Crippen molar-refractivity contribution in [1.29, 1.82) is 0 Å². The summed E-state index contributed by atoms with van der Waals surface area (Å²) in [5, 5.41) is 0. The van der Waals surface area contributed by atoms with Gasteiger partial charge < -0.3 is 9.47 Å². The molecule has 0 saturated carbocycles. The Morgan fingerprint density at radius 1 is 0.618 bits per heavy atom. The van der Waals surface area contributed by atoms with Crippen molar-refractivity contribution in [2.75, 3.05) is 7.11 Å². The molecule has 0 aliphatic rings. The molecule has 0 N–H and O–H groups in total. The van der Waals surface area contributed by atoms with Gasteiger partial charge in [0.2, 0.25) is 5.82 Å². The average molecular weight is 466 g/mol. The summed E-state index contributed by atoms with van der Waals surface area (Å²) in [5.74, 6) is -3.80. The van der Waals surface area contributed by atoms with Crippen molar-refractivity contribution in [3.63, 3.8) is 0 Å². The molecule has 0 spiro atoms. The predicted octanol–water partition coefficient (Wildman–Crippen LogP) is 7.73. The minimum Gasteiger partial charge on any atom is -0.494 e. The van der Waals surface area contributed by atoms with Crippen LogP contribution in [-0.2, 0) is 13.0 Å². The second-order valence-electron chi connectivity index (χ2n) is 7.71. The van der Waals surface area contributed by atoms with Crippen LogP contribution in [0.1, 0.15) is 18.1 Å². The molecule has 174 valence electrons. The summed E-state index contributed by atoms with van der Waals surface area (Å²) in [7, 11) is 1.26. The number of methoxy groups -OCH3 is 1. The molecular formula is C28H22F4O2. The van der Waals surface area contributed by atoms with Gasteiger partial charge in [-0.05, 0) is 47.4 Å². The highest BCUT2D eigenvalue weighted by atomic mass is 19.2. The van der Waals surface area contributed by atoms with E-state index in [-0.39, 0.29) is 29.0 Å². The normalized spacial score (nSPS) is 10.9. The molecule has 0 saturated heterocycles. The lowest BCUT2D eigenvalue weighted by Gasteiger charge is -2.12. The lowest BCUT2D eigenvalue weighted by molar-refractivity contribution is 0.297. The Labute approximate surface area is 195 Å². The first kappa shape index (κ1) is 23.4. The number of ether oxygens (including phenoxy) is 2. The second-order valence-corrected chi connectivity index (χ2v) is 7.71. The first-order valence-electron chi connectivity index (χ1n) is 10.7. The van der Waals surface area contributed by atoms with E-state index in [2.05, 4.69) is 0 Å². The van der Waals surface area contributed by atoms with Crippen LogP contribution < -0.4 is 9.47 Å². The third-order valence-corrected chi connectivity index (χ3v) is 5.66. The summed E-state index contributed by atoms with van der Waals surface area (Å²) >= 11 is 0. The van der Waals surface area contributed by atoms with Crippen LogP contribution in [0.3, 0.4) is 0 Å². The highest BCUT2D eigenvalue weighted by Gasteiger charge is 2.17. The minimum absolute atomic E-state index is 0.0683. The molecule has 0 atom stereocenters. The van der Waals surface area contributed by atoms with Gasteiger partial charge in [-0.15, -0.1) is 0 Å². The van der Waals surface area contributed by atoms with Crippen molar-refractivity contribution < 1.29 is 27.0 Å². The summed E-state index contributed by atoms with van der Waals surface area (Å²) in [6.45, 7) is 1.83. The van der Waals surface area contributed by atoms with Crippen LogP contribution in [0.2, 0.25) is 0 Å². The van der Waals surface area contributed by atoms with Crippen LogP contribution in [0.4, 0.5) is 17.6 Å². The Hall–Kier alpha value is -3.80. The average Bonchev–Trinajstić information content (AvgIpc) is 2.87. The van der Waals surface area contributed by atoms with Crippen LogP contribution in [0.15, 0.2) is 72.8 Å². The van der Waals surface area contributed by atoms with Gasteiger partial charge in [0.05, 0.1) is 7.11 Å². The summed E-state index contributed by atoms with van der Waals surface area (Å²) in [4.78, 5) is 0. The predicted molar refractivity (Wildman–Crippen MR) is 124 cm³/mol. The largest absolute Gasteiger partial charge is 0.494 e. The standard InChI is InChI=1S/C28H22F4O2/c1-3-17-4-6-18(7-5-17)22-13-10-20(25(29)26(22)30)16-34-21-11-8-19(9-12-21)23-14-15-24(33-2)28(32)27(23)31/h4-15H,3,16H2,1-2H3. The van der Waals surface area contributed by atoms with Crippen molar-refractivity contribution in [2.45, 2.75) is 20.0 Å². The van der Waals surface area contributed by atoms with Crippen LogP contribution in [0, 0.1) is 23.3 Å². The molecule has 6 heteroatoms. The molecule has 4 aromatic rings. The summed E-state index contributed by atoms with van der Waals surface area (Å²) in [6.07, 6.45) is 0.861. The number of benzene rings is 4. The van der Waals surface area contributed by atoms with Gasteiger partial charge in [0.15, 0.2) is 23.2 Å². The fourth-order valence-electron chi connectivity index (χ4n) is 3.65. The smallest absolute Gasteiger partial charge is 0.201 e. The Kier molecular flexibility index (Phi) is 6.87. The molecule has 34 heavy (non-hydrogen) atoms. The molecular weight excluding hydrogens is 444 g/mol. The van der Waals surface area contributed by atoms with E-state index < -0.39 is 23.3 Å². The van der Waals surface area contributed by atoms with Crippen molar-refractivity contribution in [3.8, 4) is 33.8 Å². The third kappa shape index (κ3) is 4.62. The molecule has 0 bridgehead atoms.